The van der Waals surface area contributed by atoms with Gasteiger partial charge in [0.1, 0.15) is 5.82 Å². The molecule has 1 aromatic rings. The van der Waals surface area contributed by atoms with Crippen molar-refractivity contribution in [3.63, 3.8) is 0 Å². The summed E-state index contributed by atoms with van der Waals surface area (Å²) in [5, 5.41) is 18.5. The Morgan fingerprint density at radius 3 is 2.09 bits per heavy atom. The van der Waals surface area contributed by atoms with Gasteiger partial charge < -0.3 is 21.1 Å². The van der Waals surface area contributed by atoms with E-state index in [9.17, 15) is 14.0 Å². The van der Waals surface area contributed by atoms with Crippen molar-refractivity contribution in [1.82, 2.24) is 5.32 Å². The number of aliphatic carboxylic acids is 1. The fourth-order valence-corrected chi connectivity index (χ4v) is 4.80. The first-order chi connectivity index (χ1) is 15.5. The summed E-state index contributed by atoms with van der Waals surface area (Å²) in [6, 6.07) is 3.76. The van der Waals surface area contributed by atoms with E-state index in [0.29, 0.717) is 42.0 Å². The Bertz CT molecular complexity index is 759. The number of halogens is 1. The zero-order valence-corrected chi connectivity index (χ0v) is 19.1. The Kier molecular flexibility index (Phi) is 9.62. The molecule has 0 unspecified atom stereocenters. The van der Waals surface area contributed by atoms with Gasteiger partial charge in [-0.05, 0) is 50.7 Å². The highest BCUT2D eigenvalue weighted by molar-refractivity contribution is 6.00. The van der Waals surface area contributed by atoms with Crippen molar-refractivity contribution in [3.8, 4) is 0 Å². The number of carboxylic acid groups (broad SMARTS) is 1. The maximum Gasteiger partial charge on any atom is 0.303 e. The first kappa shape index (κ1) is 24.3. The zero-order valence-electron chi connectivity index (χ0n) is 19.1. The van der Waals surface area contributed by atoms with E-state index in [2.05, 4.69) is 16.0 Å². The largest absolute Gasteiger partial charge is 0.481 e. The Labute approximate surface area is 190 Å². The minimum atomic E-state index is -0.774. The molecule has 2 aliphatic carbocycles. The monoisotopic (exact) mass is 447 g/mol. The van der Waals surface area contributed by atoms with E-state index in [1.54, 1.807) is 6.07 Å². The highest BCUT2D eigenvalue weighted by atomic mass is 19.1. The Morgan fingerprint density at radius 1 is 0.844 bits per heavy atom. The van der Waals surface area contributed by atoms with Crippen LogP contribution in [-0.4, -0.2) is 35.6 Å². The highest BCUT2D eigenvalue weighted by Crippen LogP contribution is 2.31. The number of hydrogen-bond donors (Lipinski definition) is 4. The number of hydrogen-bond acceptors (Lipinski definition) is 4. The third kappa shape index (κ3) is 7.68. The first-order valence-corrected chi connectivity index (χ1v) is 12.4. The molecule has 0 aromatic heterocycles. The summed E-state index contributed by atoms with van der Waals surface area (Å²) in [7, 11) is 0. The SMILES string of the molecule is O=C(O)CCCCCCNC(=O)c1cc(F)c(NC2CCCCC2)cc1NC1CCCC1. The third-order valence-electron chi connectivity index (χ3n) is 6.63. The van der Waals surface area contributed by atoms with E-state index in [0.717, 1.165) is 44.9 Å². The van der Waals surface area contributed by atoms with Crippen LogP contribution in [0.15, 0.2) is 12.1 Å². The lowest BCUT2D eigenvalue weighted by atomic mass is 9.95. The average molecular weight is 448 g/mol. The van der Waals surface area contributed by atoms with Crippen LogP contribution >= 0.6 is 0 Å². The van der Waals surface area contributed by atoms with Gasteiger partial charge in [0.25, 0.3) is 5.91 Å². The van der Waals surface area contributed by atoms with Gasteiger partial charge >= 0.3 is 5.97 Å². The number of carbonyl (C=O) groups excluding carboxylic acids is 1. The van der Waals surface area contributed by atoms with Gasteiger partial charge in [-0.1, -0.05) is 44.9 Å². The Hall–Kier alpha value is -2.31. The highest BCUT2D eigenvalue weighted by Gasteiger charge is 2.22. The number of nitrogens with one attached hydrogen (secondary N) is 3. The molecule has 4 N–H and O–H groups in total. The maximum atomic E-state index is 14.9. The minimum absolute atomic E-state index is 0.184. The Morgan fingerprint density at radius 2 is 1.44 bits per heavy atom. The molecule has 1 aromatic carbocycles. The summed E-state index contributed by atoms with van der Waals surface area (Å²) < 4.78 is 14.9. The van der Waals surface area contributed by atoms with Crippen molar-refractivity contribution in [2.45, 2.75) is 102 Å². The fourth-order valence-electron chi connectivity index (χ4n) is 4.80. The van der Waals surface area contributed by atoms with Crippen LogP contribution in [0.3, 0.4) is 0 Å². The van der Waals surface area contributed by atoms with E-state index in [1.165, 1.54) is 38.2 Å². The van der Waals surface area contributed by atoms with Gasteiger partial charge in [0, 0.05) is 30.7 Å². The molecule has 7 heteroatoms. The second-order valence-corrected chi connectivity index (χ2v) is 9.30. The van der Waals surface area contributed by atoms with Crippen molar-refractivity contribution in [3.05, 3.63) is 23.5 Å². The van der Waals surface area contributed by atoms with Gasteiger partial charge in [0.2, 0.25) is 0 Å². The van der Waals surface area contributed by atoms with Gasteiger partial charge in [-0.2, -0.15) is 0 Å². The summed E-state index contributed by atoms with van der Waals surface area (Å²) in [6.07, 6.45) is 13.5. The molecule has 3 rings (SSSR count). The smallest absolute Gasteiger partial charge is 0.303 e. The lowest BCUT2D eigenvalue weighted by molar-refractivity contribution is -0.137. The lowest BCUT2D eigenvalue weighted by Gasteiger charge is -2.25. The molecule has 0 heterocycles. The standard InChI is InChI=1S/C25H38FN3O3/c26-21-16-20(25(32)27-15-9-2-1-6-14-24(30)31)22(28-18-12-7-8-13-18)17-23(21)29-19-10-4-3-5-11-19/h16-19,28-29H,1-15H2,(H,27,32)(H,30,31). The fraction of sp³-hybridized carbons (Fsp3) is 0.680. The third-order valence-corrected chi connectivity index (χ3v) is 6.63. The van der Waals surface area contributed by atoms with Crippen molar-refractivity contribution in [2.24, 2.45) is 0 Å². The molecule has 0 atom stereocenters. The van der Waals surface area contributed by atoms with Crippen molar-refractivity contribution in [1.29, 1.82) is 0 Å². The second kappa shape index (κ2) is 12.7. The number of anilines is 2. The normalized spacial score (nSPS) is 17.3. The topological polar surface area (TPSA) is 90.5 Å². The van der Waals surface area contributed by atoms with E-state index < -0.39 is 5.97 Å². The minimum Gasteiger partial charge on any atom is -0.481 e. The number of unbranched alkanes of at least 4 members (excludes halogenated alkanes) is 3. The number of rotatable bonds is 12. The molecule has 6 nitrogen and oxygen atoms in total. The number of carboxylic acids is 1. The predicted molar refractivity (Wildman–Crippen MR) is 126 cm³/mol. The van der Waals surface area contributed by atoms with E-state index in [-0.39, 0.29) is 18.1 Å². The lowest BCUT2D eigenvalue weighted by Crippen LogP contribution is -2.27. The molecule has 1 amide bonds. The van der Waals surface area contributed by atoms with Gasteiger partial charge in [0.05, 0.1) is 11.3 Å². The molecular formula is C25H38FN3O3. The van der Waals surface area contributed by atoms with Crippen LogP contribution in [-0.2, 0) is 4.79 Å². The molecule has 0 radical (unpaired) electrons. The van der Waals surface area contributed by atoms with Crippen LogP contribution in [0.4, 0.5) is 15.8 Å². The molecule has 0 spiro atoms. The van der Waals surface area contributed by atoms with Crippen LogP contribution in [0, 0.1) is 5.82 Å². The first-order valence-electron chi connectivity index (χ1n) is 12.4. The van der Waals surface area contributed by atoms with Gasteiger partial charge in [0.15, 0.2) is 0 Å². The van der Waals surface area contributed by atoms with E-state index >= 15 is 0 Å². The number of benzene rings is 1. The summed E-state index contributed by atoms with van der Waals surface area (Å²) >= 11 is 0. The maximum absolute atomic E-state index is 14.9. The molecule has 178 valence electrons. The number of carbonyl (C=O) groups is 2. The summed E-state index contributed by atoms with van der Waals surface area (Å²) in [5.74, 6) is -1.42. The van der Waals surface area contributed by atoms with Crippen molar-refractivity contribution >= 4 is 23.3 Å². The van der Waals surface area contributed by atoms with Gasteiger partial charge in [-0.25, -0.2) is 4.39 Å². The zero-order chi connectivity index (χ0) is 22.8. The van der Waals surface area contributed by atoms with E-state index in [1.807, 2.05) is 0 Å². The van der Waals surface area contributed by atoms with Crippen LogP contribution < -0.4 is 16.0 Å². The van der Waals surface area contributed by atoms with Gasteiger partial charge in [-0.15, -0.1) is 0 Å². The molecule has 0 aliphatic heterocycles. The van der Waals surface area contributed by atoms with Crippen LogP contribution in [0.5, 0.6) is 0 Å². The average Bonchev–Trinajstić information content (AvgIpc) is 3.28. The molecule has 2 aliphatic rings. The van der Waals surface area contributed by atoms with Crippen LogP contribution in [0.25, 0.3) is 0 Å². The van der Waals surface area contributed by atoms with Crippen molar-refractivity contribution in [2.75, 3.05) is 17.2 Å². The Balaban J connectivity index is 1.61. The quantitative estimate of drug-likeness (QED) is 0.309. The second-order valence-electron chi connectivity index (χ2n) is 9.30. The summed E-state index contributed by atoms with van der Waals surface area (Å²) in [4.78, 5) is 23.4. The molecular weight excluding hydrogens is 409 g/mol. The summed E-state index contributed by atoms with van der Waals surface area (Å²) in [5.41, 5.74) is 1.54. The van der Waals surface area contributed by atoms with Crippen LogP contribution in [0.2, 0.25) is 0 Å². The van der Waals surface area contributed by atoms with E-state index in [4.69, 9.17) is 5.11 Å². The number of amides is 1. The molecule has 2 fully saturated rings. The summed E-state index contributed by atoms with van der Waals surface area (Å²) in [6.45, 7) is 0.498. The molecule has 0 bridgehead atoms. The molecule has 2 saturated carbocycles. The molecule has 32 heavy (non-hydrogen) atoms. The van der Waals surface area contributed by atoms with Gasteiger partial charge in [-0.3, -0.25) is 9.59 Å². The molecule has 0 saturated heterocycles. The predicted octanol–water partition coefficient (Wildman–Crippen LogP) is 5.69. The van der Waals surface area contributed by atoms with Crippen molar-refractivity contribution < 1.29 is 19.1 Å². The van der Waals surface area contributed by atoms with Crippen LogP contribution in [0.1, 0.15) is 100 Å².